The number of nitroso groups, excluding NO2 is 1. The molecule has 0 aliphatic carbocycles. The number of benzene rings is 1. The van der Waals surface area contributed by atoms with Gasteiger partial charge in [0, 0.05) is 17.4 Å². The minimum atomic E-state index is -0.607. The number of nitrogens with one attached hydrogen (secondary N) is 1. The summed E-state index contributed by atoms with van der Waals surface area (Å²) in [5.74, 6) is 1.06. The highest BCUT2D eigenvalue weighted by Crippen LogP contribution is 2.38. The average Bonchev–Trinajstić information content (AvgIpc) is 2.75. The molecule has 1 aromatic carbocycles. The number of nitrogens with zero attached hydrogens (tertiary/aromatic N) is 1. The second-order valence-corrected chi connectivity index (χ2v) is 4.97. The van der Waals surface area contributed by atoms with Gasteiger partial charge in [-0.3, -0.25) is 4.79 Å². The maximum absolute atomic E-state index is 12.1. The summed E-state index contributed by atoms with van der Waals surface area (Å²) in [7, 11) is 1.55. The highest BCUT2D eigenvalue weighted by molar-refractivity contribution is 5.77. The Balaban J connectivity index is 1.94. The number of fused-ring (bicyclic) bond motifs is 1. The summed E-state index contributed by atoms with van der Waals surface area (Å²) in [6.07, 6.45) is -0.177. The Morgan fingerprint density at radius 1 is 1.50 bits per heavy atom. The number of hydrogen-bond donors (Lipinski definition) is 1. The summed E-state index contributed by atoms with van der Waals surface area (Å²) >= 11 is 0. The van der Waals surface area contributed by atoms with Crippen LogP contribution in [-0.4, -0.2) is 30.5 Å². The van der Waals surface area contributed by atoms with Crippen LogP contribution < -0.4 is 14.8 Å². The van der Waals surface area contributed by atoms with E-state index in [1.54, 1.807) is 25.3 Å². The molecule has 1 aliphatic rings. The quantitative estimate of drug-likeness (QED) is 0.837. The fraction of sp³-hybridized carbons (Fsp3) is 0.500. The van der Waals surface area contributed by atoms with Gasteiger partial charge in [0.25, 0.3) is 0 Å². The molecule has 1 amide bonds. The molecule has 2 rings (SSSR count). The van der Waals surface area contributed by atoms with Crippen LogP contribution in [0.5, 0.6) is 11.5 Å². The Hall–Kier alpha value is -2.11. The van der Waals surface area contributed by atoms with Crippen molar-refractivity contribution in [3.8, 4) is 11.5 Å². The van der Waals surface area contributed by atoms with Crippen molar-refractivity contribution in [2.45, 2.75) is 26.5 Å². The van der Waals surface area contributed by atoms with Crippen molar-refractivity contribution in [3.05, 3.63) is 23.1 Å². The lowest BCUT2D eigenvalue weighted by Crippen LogP contribution is -2.33. The third kappa shape index (κ3) is 2.89. The van der Waals surface area contributed by atoms with Crippen LogP contribution in [0.2, 0.25) is 0 Å². The smallest absolute Gasteiger partial charge is 0.352 e. The van der Waals surface area contributed by atoms with Crippen LogP contribution in [0.25, 0.3) is 0 Å². The Labute approximate surface area is 117 Å². The molecule has 1 aliphatic heterocycles. The van der Waals surface area contributed by atoms with Gasteiger partial charge in [-0.2, -0.15) is 0 Å². The van der Waals surface area contributed by atoms with Crippen LogP contribution in [0.15, 0.2) is 18.2 Å². The summed E-state index contributed by atoms with van der Waals surface area (Å²) < 4.78 is 11.5. The first-order valence-corrected chi connectivity index (χ1v) is 6.61. The van der Waals surface area contributed by atoms with Gasteiger partial charge in [-0.05, 0) is 12.1 Å². The zero-order valence-corrected chi connectivity index (χ0v) is 11.9. The van der Waals surface area contributed by atoms with Crippen LogP contribution in [0.3, 0.4) is 0 Å². The molecule has 20 heavy (non-hydrogen) atoms. The molecule has 108 valence electrons. The van der Waals surface area contributed by atoms with Crippen molar-refractivity contribution >= 4 is 11.6 Å². The van der Waals surface area contributed by atoms with E-state index < -0.39 is 6.23 Å². The van der Waals surface area contributed by atoms with Gasteiger partial charge in [0.1, 0.15) is 5.75 Å². The van der Waals surface area contributed by atoms with Crippen LogP contribution in [0.1, 0.15) is 20.3 Å². The maximum Gasteiger partial charge on any atom is 0.352 e. The lowest BCUT2D eigenvalue weighted by atomic mass is 10.2. The van der Waals surface area contributed by atoms with E-state index in [2.05, 4.69) is 5.32 Å². The minimum Gasteiger partial charge on any atom is -0.496 e. The van der Waals surface area contributed by atoms with E-state index in [9.17, 15) is 9.70 Å². The molecule has 1 atom stereocenters. The van der Waals surface area contributed by atoms with Gasteiger partial charge in [-0.15, -0.1) is 0 Å². The number of carbonyl (C=O) groups excluding carboxylic acids is 1. The maximum atomic E-state index is 12.1. The Bertz CT molecular complexity index is 528. The van der Waals surface area contributed by atoms with Crippen molar-refractivity contribution in [2.75, 3.05) is 13.7 Å². The molecule has 1 unspecified atom stereocenters. The molecular weight excluding hydrogens is 260 g/mol. The van der Waals surface area contributed by atoms with Gasteiger partial charge in [-0.1, -0.05) is 13.8 Å². The molecule has 1 N–H and O–H groups in total. The molecule has 0 aromatic heterocycles. The van der Waals surface area contributed by atoms with Crippen molar-refractivity contribution in [2.24, 2.45) is 5.92 Å². The van der Waals surface area contributed by atoms with E-state index in [0.29, 0.717) is 30.2 Å². The SMILES string of the molecule is COc1ccc2c(c1)[N+](=O)C(CCNC(=O)C(C)C)O2. The number of carbonyl (C=O) groups is 1. The first-order valence-electron chi connectivity index (χ1n) is 6.61. The van der Waals surface area contributed by atoms with Gasteiger partial charge >= 0.3 is 11.9 Å². The van der Waals surface area contributed by atoms with Crippen LogP contribution >= 0.6 is 0 Å². The van der Waals surface area contributed by atoms with E-state index in [1.807, 2.05) is 13.8 Å². The van der Waals surface area contributed by atoms with Crippen LogP contribution in [-0.2, 0) is 4.79 Å². The predicted octanol–water partition coefficient (Wildman–Crippen LogP) is 1.99. The lowest BCUT2D eigenvalue weighted by Gasteiger charge is -2.07. The fourth-order valence-corrected chi connectivity index (χ4v) is 1.94. The van der Waals surface area contributed by atoms with Crippen molar-refractivity contribution in [1.29, 1.82) is 0 Å². The summed E-state index contributed by atoms with van der Waals surface area (Å²) in [5, 5.41) is 2.77. The van der Waals surface area contributed by atoms with E-state index >= 15 is 0 Å². The largest absolute Gasteiger partial charge is 0.496 e. The molecule has 0 radical (unpaired) electrons. The molecule has 0 saturated carbocycles. The predicted molar refractivity (Wildman–Crippen MR) is 73.2 cm³/mol. The first-order chi connectivity index (χ1) is 9.52. The normalized spacial score (nSPS) is 16.8. The van der Waals surface area contributed by atoms with Gasteiger partial charge in [0.2, 0.25) is 11.7 Å². The molecule has 6 nitrogen and oxygen atoms in total. The summed E-state index contributed by atoms with van der Waals surface area (Å²) in [4.78, 5) is 23.5. The molecular formula is C14H19N2O4+. The Kier molecular flexibility index (Phi) is 4.22. The second-order valence-electron chi connectivity index (χ2n) is 4.97. The summed E-state index contributed by atoms with van der Waals surface area (Å²) in [6.45, 7) is 4.05. The van der Waals surface area contributed by atoms with E-state index in [-0.39, 0.29) is 11.8 Å². The highest BCUT2D eigenvalue weighted by Gasteiger charge is 2.40. The Morgan fingerprint density at radius 3 is 2.90 bits per heavy atom. The van der Waals surface area contributed by atoms with E-state index in [4.69, 9.17) is 9.47 Å². The summed E-state index contributed by atoms with van der Waals surface area (Å²) in [6, 6.07) is 5.11. The van der Waals surface area contributed by atoms with Gasteiger partial charge < -0.3 is 14.8 Å². The van der Waals surface area contributed by atoms with Gasteiger partial charge in [0.15, 0.2) is 0 Å². The van der Waals surface area contributed by atoms with Crippen molar-refractivity contribution in [1.82, 2.24) is 5.32 Å². The van der Waals surface area contributed by atoms with Crippen molar-refractivity contribution < 1.29 is 19.0 Å². The van der Waals surface area contributed by atoms with E-state index in [1.165, 1.54) is 0 Å². The number of amides is 1. The number of ether oxygens (including phenoxy) is 2. The molecule has 1 aromatic rings. The fourth-order valence-electron chi connectivity index (χ4n) is 1.94. The topological polar surface area (TPSA) is 67.6 Å². The minimum absolute atomic E-state index is 0.0281. The van der Waals surface area contributed by atoms with Crippen LogP contribution in [0, 0.1) is 10.8 Å². The molecule has 0 bridgehead atoms. The van der Waals surface area contributed by atoms with Crippen molar-refractivity contribution in [3.63, 3.8) is 0 Å². The monoisotopic (exact) mass is 279 g/mol. The number of methoxy groups -OCH3 is 1. The summed E-state index contributed by atoms with van der Waals surface area (Å²) in [5.41, 5.74) is 0.463. The zero-order chi connectivity index (χ0) is 14.7. The number of hydrogen-bond acceptors (Lipinski definition) is 4. The van der Waals surface area contributed by atoms with Gasteiger partial charge in [0.05, 0.1) is 24.4 Å². The number of rotatable bonds is 5. The first kappa shape index (κ1) is 14.3. The van der Waals surface area contributed by atoms with Gasteiger partial charge in [-0.25, -0.2) is 0 Å². The molecule has 1 heterocycles. The third-order valence-corrected chi connectivity index (χ3v) is 3.14. The molecule has 0 fully saturated rings. The highest BCUT2D eigenvalue weighted by atomic mass is 16.5. The molecule has 0 spiro atoms. The van der Waals surface area contributed by atoms with Crippen LogP contribution in [0.4, 0.5) is 5.69 Å². The molecule has 0 saturated heterocycles. The average molecular weight is 279 g/mol. The third-order valence-electron chi connectivity index (χ3n) is 3.14. The second kappa shape index (κ2) is 5.90. The lowest BCUT2D eigenvalue weighted by molar-refractivity contribution is -0.529. The zero-order valence-electron chi connectivity index (χ0n) is 11.9. The standard InChI is InChI=1S/C14H18N2O4/c1-9(2)14(17)15-7-6-13-16(18)11-8-10(19-3)4-5-12(11)20-13/h4-5,8-9,13H,6-7H2,1-3H3/p+1. The Morgan fingerprint density at radius 2 is 2.25 bits per heavy atom. The molecule has 6 heteroatoms. The van der Waals surface area contributed by atoms with E-state index in [0.717, 1.165) is 4.76 Å².